The summed E-state index contributed by atoms with van der Waals surface area (Å²) >= 11 is 3.35. The molecule has 2 rings (SSSR count). The summed E-state index contributed by atoms with van der Waals surface area (Å²) in [6, 6.07) is 2.18. The van der Waals surface area contributed by atoms with E-state index in [0.29, 0.717) is 17.7 Å². The lowest BCUT2D eigenvalue weighted by atomic mass is 9.92. The number of hydrogen-bond donors (Lipinski definition) is 1. The van der Waals surface area contributed by atoms with E-state index in [2.05, 4.69) is 34.8 Å². The average Bonchev–Trinajstić information content (AvgIpc) is 2.68. The average molecular weight is 285 g/mol. The maximum absolute atomic E-state index is 12.2. The Hall–Kier alpha value is -0.770. The molecule has 1 fully saturated rings. The van der Waals surface area contributed by atoms with Crippen LogP contribution in [0.25, 0.3) is 0 Å². The molecule has 2 unspecified atom stereocenters. The molecule has 88 valence electrons. The Labute approximate surface area is 104 Å². The van der Waals surface area contributed by atoms with Crippen LogP contribution in [0.3, 0.4) is 0 Å². The lowest BCUT2D eigenvalue weighted by molar-refractivity contribution is 0.0546. The summed E-state index contributed by atoms with van der Waals surface area (Å²) in [5.41, 5.74) is 0.674. The van der Waals surface area contributed by atoms with Crippen LogP contribution in [0.5, 0.6) is 0 Å². The Balaban J connectivity index is 2.15. The zero-order valence-electron chi connectivity index (χ0n) is 9.66. The Bertz CT molecular complexity index is 388. The molecule has 1 aromatic heterocycles. The van der Waals surface area contributed by atoms with Gasteiger partial charge in [0.2, 0.25) is 0 Å². The maximum Gasteiger partial charge on any atom is 0.270 e. The fraction of sp³-hybridized carbons (Fsp3) is 0.583. The second kappa shape index (κ2) is 4.62. The Kier molecular flexibility index (Phi) is 3.38. The highest BCUT2D eigenvalue weighted by molar-refractivity contribution is 9.10. The van der Waals surface area contributed by atoms with Crippen molar-refractivity contribution < 1.29 is 4.79 Å². The van der Waals surface area contributed by atoms with Gasteiger partial charge in [-0.1, -0.05) is 6.92 Å². The van der Waals surface area contributed by atoms with Crippen LogP contribution in [-0.2, 0) is 0 Å². The third-order valence-electron chi connectivity index (χ3n) is 3.51. The topological polar surface area (TPSA) is 36.1 Å². The van der Waals surface area contributed by atoms with Crippen molar-refractivity contribution in [2.75, 3.05) is 6.54 Å². The molecule has 0 radical (unpaired) electrons. The number of amides is 1. The minimum absolute atomic E-state index is 0.116. The lowest BCUT2D eigenvalue weighted by Gasteiger charge is -2.37. The minimum atomic E-state index is 0.116. The maximum atomic E-state index is 12.2. The van der Waals surface area contributed by atoms with Gasteiger partial charge in [0, 0.05) is 23.3 Å². The van der Waals surface area contributed by atoms with Crippen LogP contribution in [0.2, 0.25) is 0 Å². The number of nitrogens with zero attached hydrogens (tertiary/aromatic N) is 1. The quantitative estimate of drug-likeness (QED) is 0.846. The number of halogens is 1. The molecular weight excluding hydrogens is 268 g/mol. The molecule has 1 aromatic rings. The van der Waals surface area contributed by atoms with Crippen molar-refractivity contribution in [1.82, 2.24) is 9.88 Å². The summed E-state index contributed by atoms with van der Waals surface area (Å²) in [6.07, 6.45) is 4.13. The van der Waals surface area contributed by atoms with Crippen LogP contribution in [-0.4, -0.2) is 28.4 Å². The van der Waals surface area contributed by atoms with Crippen LogP contribution < -0.4 is 0 Å². The molecule has 1 saturated heterocycles. The Morgan fingerprint density at radius 2 is 2.31 bits per heavy atom. The number of likely N-dealkylation sites (tertiary alicyclic amines) is 1. The fourth-order valence-corrected chi connectivity index (χ4v) is 2.61. The standard InChI is InChI=1S/C12H17BrN2O/c1-8-4-3-5-15(9(8)2)12(16)11-6-10(13)7-14-11/h6-9,14H,3-5H2,1-2H3. The third kappa shape index (κ3) is 2.17. The molecule has 0 aromatic carbocycles. The summed E-state index contributed by atoms with van der Waals surface area (Å²) in [5.74, 6) is 0.709. The monoisotopic (exact) mass is 284 g/mol. The van der Waals surface area contributed by atoms with Gasteiger partial charge in [-0.15, -0.1) is 0 Å². The molecule has 0 bridgehead atoms. The molecule has 1 N–H and O–H groups in total. The number of rotatable bonds is 1. The summed E-state index contributed by atoms with van der Waals surface area (Å²) in [6.45, 7) is 5.23. The number of aromatic amines is 1. The fourth-order valence-electron chi connectivity index (χ4n) is 2.27. The highest BCUT2D eigenvalue weighted by Gasteiger charge is 2.29. The molecule has 2 atom stereocenters. The van der Waals surface area contributed by atoms with Gasteiger partial charge in [-0.05, 0) is 47.7 Å². The first-order valence-electron chi connectivity index (χ1n) is 5.74. The highest BCUT2D eigenvalue weighted by atomic mass is 79.9. The van der Waals surface area contributed by atoms with Gasteiger partial charge in [-0.3, -0.25) is 4.79 Å². The third-order valence-corrected chi connectivity index (χ3v) is 3.97. The minimum Gasteiger partial charge on any atom is -0.356 e. The molecular formula is C12H17BrN2O. The predicted molar refractivity (Wildman–Crippen MR) is 67.4 cm³/mol. The van der Waals surface area contributed by atoms with Gasteiger partial charge >= 0.3 is 0 Å². The second-order valence-corrected chi connectivity index (χ2v) is 5.51. The van der Waals surface area contributed by atoms with E-state index in [-0.39, 0.29) is 5.91 Å². The molecule has 1 amide bonds. The number of H-pyrrole nitrogens is 1. The van der Waals surface area contributed by atoms with Gasteiger partial charge in [0.25, 0.3) is 5.91 Å². The van der Waals surface area contributed by atoms with Crippen LogP contribution in [0.1, 0.15) is 37.2 Å². The van der Waals surface area contributed by atoms with Gasteiger partial charge in [-0.2, -0.15) is 0 Å². The molecule has 3 nitrogen and oxygen atoms in total. The zero-order chi connectivity index (χ0) is 11.7. The largest absolute Gasteiger partial charge is 0.356 e. The van der Waals surface area contributed by atoms with Crippen molar-refractivity contribution in [1.29, 1.82) is 0 Å². The zero-order valence-corrected chi connectivity index (χ0v) is 11.3. The van der Waals surface area contributed by atoms with Crippen molar-refractivity contribution in [2.45, 2.75) is 32.7 Å². The number of hydrogen-bond acceptors (Lipinski definition) is 1. The first kappa shape index (κ1) is 11.7. The molecule has 0 saturated carbocycles. The summed E-state index contributed by atoms with van der Waals surface area (Å²) in [5, 5.41) is 0. The number of aromatic nitrogens is 1. The Morgan fingerprint density at radius 1 is 1.56 bits per heavy atom. The SMILES string of the molecule is CC1CCCN(C(=O)c2cc(Br)c[nH]2)C1C. The smallest absolute Gasteiger partial charge is 0.270 e. The molecule has 0 spiro atoms. The van der Waals surface area contributed by atoms with Crippen LogP contribution in [0.15, 0.2) is 16.7 Å². The van der Waals surface area contributed by atoms with Gasteiger partial charge in [-0.25, -0.2) is 0 Å². The van der Waals surface area contributed by atoms with Crippen molar-refractivity contribution in [3.8, 4) is 0 Å². The summed E-state index contributed by atoms with van der Waals surface area (Å²) in [4.78, 5) is 17.2. The van der Waals surface area contributed by atoms with E-state index in [9.17, 15) is 4.79 Å². The number of carbonyl (C=O) groups excluding carboxylic acids is 1. The normalized spacial score (nSPS) is 25.8. The summed E-state index contributed by atoms with van der Waals surface area (Å²) < 4.78 is 0.925. The van der Waals surface area contributed by atoms with E-state index in [1.165, 1.54) is 6.42 Å². The van der Waals surface area contributed by atoms with Crippen LogP contribution >= 0.6 is 15.9 Å². The van der Waals surface area contributed by atoms with Gasteiger partial charge in [0.1, 0.15) is 5.69 Å². The van der Waals surface area contributed by atoms with Crippen LogP contribution in [0, 0.1) is 5.92 Å². The van der Waals surface area contributed by atoms with Gasteiger partial charge in [0.15, 0.2) is 0 Å². The highest BCUT2D eigenvalue weighted by Crippen LogP contribution is 2.24. The van der Waals surface area contributed by atoms with Gasteiger partial charge in [0.05, 0.1) is 0 Å². The Morgan fingerprint density at radius 3 is 2.94 bits per heavy atom. The molecule has 1 aliphatic rings. The van der Waals surface area contributed by atoms with Gasteiger partial charge < -0.3 is 9.88 Å². The van der Waals surface area contributed by atoms with Crippen LogP contribution in [0.4, 0.5) is 0 Å². The lowest BCUT2D eigenvalue weighted by Crippen LogP contribution is -2.46. The molecule has 2 heterocycles. The van der Waals surface area contributed by atoms with E-state index in [0.717, 1.165) is 17.4 Å². The number of piperidine rings is 1. The number of nitrogens with one attached hydrogen (secondary N) is 1. The van der Waals surface area contributed by atoms with Crippen molar-refractivity contribution >= 4 is 21.8 Å². The van der Waals surface area contributed by atoms with E-state index in [4.69, 9.17) is 0 Å². The van der Waals surface area contributed by atoms with E-state index < -0.39 is 0 Å². The molecule has 1 aliphatic heterocycles. The second-order valence-electron chi connectivity index (χ2n) is 4.59. The van der Waals surface area contributed by atoms with E-state index in [1.54, 1.807) is 6.20 Å². The predicted octanol–water partition coefficient (Wildman–Crippen LogP) is 3.04. The molecule has 0 aliphatic carbocycles. The molecule has 16 heavy (non-hydrogen) atoms. The first-order valence-corrected chi connectivity index (χ1v) is 6.54. The first-order chi connectivity index (χ1) is 7.59. The number of carbonyl (C=O) groups is 1. The van der Waals surface area contributed by atoms with Crippen molar-refractivity contribution in [2.24, 2.45) is 5.92 Å². The van der Waals surface area contributed by atoms with Crippen molar-refractivity contribution in [3.05, 3.63) is 22.4 Å². The van der Waals surface area contributed by atoms with E-state index >= 15 is 0 Å². The van der Waals surface area contributed by atoms with E-state index in [1.807, 2.05) is 11.0 Å². The van der Waals surface area contributed by atoms with Crippen molar-refractivity contribution in [3.63, 3.8) is 0 Å². The summed E-state index contributed by atoms with van der Waals surface area (Å²) in [7, 11) is 0. The molecule has 4 heteroatoms.